The van der Waals surface area contributed by atoms with Crippen molar-refractivity contribution in [1.82, 2.24) is 15.5 Å². The molecule has 1 saturated heterocycles. The molecule has 4 rings (SSSR count). The van der Waals surface area contributed by atoms with Gasteiger partial charge in [0, 0.05) is 30.5 Å². The number of carbonyl (C=O) groups is 1. The summed E-state index contributed by atoms with van der Waals surface area (Å²) in [6, 6.07) is 12.2. The average Bonchev–Trinajstić information content (AvgIpc) is 3.14. The zero-order valence-electron chi connectivity index (χ0n) is 16.4. The van der Waals surface area contributed by atoms with Crippen LogP contribution in [-0.2, 0) is 0 Å². The predicted molar refractivity (Wildman–Crippen MR) is 112 cm³/mol. The van der Waals surface area contributed by atoms with Gasteiger partial charge in [-0.3, -0.25) is 4.79 Å². The van der Waals surface area contributed by atoms with Crippen molar-refractivity contribution in [2.24, 2.45) is 0 Å². The first-order valence-electron chi connectivity index (χ1n) is 10.5. The summed E-state index contributed by atoms with van der Waals surface area (Å²) in [6.07, 6.45) is 9.59. The Morgan fingerprint density at radius 2 is 1.57 bits per heavy atom. The fourth-order valence-electron chi connectivity index (χ4n) is 4.08. The SMILES string of the molecule is O=C(NC1CCCCCC1)c1ccc(Nc2ccc(N3CCCC3)cc2)nn1. The number of rotatable bonds is 5. The van der Waals surface area contributed by atoms with Crippen molar-refractivity contribution >= 4 is 23.1 Å². The molecule has 0 atom stereocenters. The van der Waals surface area contributed by atoms with E-state index in [0.29, 0.717) is 11.5 Å². The zero-order valence-corrected chi connectivity index (χ0v) is 16.4. The molecule has 6 nitrogen and oxygen atoms in total. The number of anilines is 3. The van der Waals surface area contributed by atoms with Gasteiger partial charge in [-0.2, -0.15) is 0 Å². The van der Waals surface area contributed by atoms with Crippen molar-refractivity contribution in [3.8, 4) is 0 Å². The molecule has 1 aliphatic carbocycles. The lowest BCUT2D eigenvalue weighted by Crippen LogP contribution is -2.35. The van der Waals surface area contributed by atoms with Crippen LogP contribution in [-0.4, -0.2) is 35.2 Å². The Kier molecular flexibility index (Phi) is 6.04. The monoisotopic (exact) mass is 379 g/mol. The van der Waals surface area contributed by atoms with Crippen LogP contribution in [0.25, 0.3) is 0 Å². The van der Waals surface area contributed by atoms with E-state index in [2.05, 4.69) is 50.0 Å². The minimum absolute atomic E-state index is 0.124. The number of nitrogens with one attached hydrogen (secondary N) is 2. The molecule has 2 aromatic rings. The maximum Gasteiger partial charge on any atom is 0.272 e. The molecule has 1 saturated carbocycles. The summed E-state index contributed by atoms with van der Waals surface area (Å²) in [7, 11) is 0. The maximum atomic E-state index is 12.4. The summed E-state index contributed by atoms with van der Waals surface area (Å²) in [5.74, 6) is 0.515. The summed E-state index contributed by atoms with van der Waals surface area (Å²) < 4.78 is 0. The predicted octanol–water partition coefficient (Wildman–Crippen LogP) is 4.27. The molecule has 28 heavy (non-hydrogen) atoms. The van der Waals surface area contributed by atoms with E-state index in [9.17, 15) is 4.79 Å². The summed E-state index contributed by atoms with van der Waals surface area (Å²) in [6.45, 7) is 2.28. The van der Waals surface area contributed by atoms with Gasteiger partial charge in [0.25, 0.3) is 5.91 Å². The Bertz CT molecular complexity index is 761. The van der Waals surface area contributed by atoms with E-state index in [4.69, 9.17) is 0 Å². The van der Waals surface area contributed by atoms with Gasteiger partial charge >= 0.3 is 0 Å². The second kappa shape index (κ2) is 9.04. The topological polar surface area (TPSA) is 70.2 Å². The fourth-order valence-corrected chi connectivity index (χ4v) is 4.08. The molecule has 0 unspecified atom stereocenters. The van der Waals surface area contributed by atoms with Crippen LogP contribution in [0.4, 0.5) is 17.2 Å². The highest BCUT2D eigenvalue weighted by Gasteiger charge is 2.17. The average molecular weight is 380 g/mol. The standard InChI is InChI=1S/C22H29N5O/c28-22(24-17-7-3-1-2-4-8-17)20-13-14-21(26-25-20)23-18-9-11-19(12-10-18)27-15-5-6-16-27/h9-14,17H,1-8,15-16H2,(H,23,26)(H,24,28). The molecule has 1 aromatic heterocycles. The lowest BCUT2D eigenvalue weighted by Gasteiger charge is -2.18. The van der Waals surface area contributed by atoms with Crippen molar-refractivity contribution in [3.63, 3.8) is 0 Å². The highest BCUT2D eigenvalue weighted by atomic mass is 16.2. The van der Waals surface area contributed by atoms with Crippen molar-refractivity contribution in [1.29, 1.82) is 0 Å². The van der Waals surface area contributed by atoms with Crippen molar-refractivity contribution in [2.45, 2.75) is 57.4 Å². The minimum atomic E-state index is -0.124. The van der Waals surface area contributed by atoms with Crippen LogP contribution in [0.2, 0.25) is 0 Å². The Morgan fingerprint density at radius 1 is 0.857 bits per heavy atom. The number of amides is 1. The Balaban J connectivity index is 1.33. The van der Waals surface area contributed by atoms with Gasteiger partial charge in [0.15, 0.2) is 11.5 Å². The van der Waals surface area contributed by atoms with Gasteiger partial charge in [-0.1, -0.05) is 25.7 Å². The van der Waals surface area contributed by atoms with Crippen molar-refractivity contribution < 1.29 is 4.79 Å². The molecule has 2 N–H and O–H groups in total. The third-order valence-electron chi connectivity index (χ3n) is 5.70. The fraction of sp³-hybridized carbons (Fsp3) is 0.500. The third-order valence-corrected chi connectivity index (χ3v) is 5.70. The van der Waals surface area contributed by atoms with Gasteiger partial charge in [0.05, 0.1) is 0 Å². The number of benzene rings is 1. The Hall–Kier alpha value is -2.63. The van der Waals surface area contributed by atoms with E-state index >= 15 is 0 Å². The van der Waals surface area contributed by atoms with Gasteiger partial charge in [-0.25, -0.2) is 0 Å². The lowest BCUT2D eigenvalue weighted by atomic mass is 10.1. The van der Waals surface area contributed by atoms with Gasteiger partial charge in [-0.15, -0.1) is 10.2 Å². The molecule has 2 fully saturated rings. The van der Waals surface area contributed by atoms with E-state index < -0.39 is 0 Å². The van der Waals surface area contributed by atoms with Crippen LogP contribution < -0.4 is 15.5 Å². The summed E-state index contributed by atoms with van der Waals surface area (Å²) in [5.41, 5.74) is 2.60. The number of aromatic nitrogens is 2. The summed E-state index contributed by atoms with van der Waals surface area (Å²) in [5, 5.41) is 14.7. The van der Waals surface area contributed by atoms with Crippen LogP contribution in [0, 0.1) is 0 Å². The molecule has 1 aromatic carbocycles. The van der Waals surface area contributed by atoms with Gasteiger partial charge in [0.2, 0.25) is 0 Å². The van der Waals surface area contributed by atoms with Crippen LogP contribution in [0.1, 0.15) is 61.9 Å². The van der Waals surface area contributed by atoms with Crippen molar-refractivity contribution in [3.05, 3.63) is 42.1 Å². The summed E-state index contributed by atoms with van der Waals surface area (Å²) in [4.78, 5) is 14.8. The molecule has 0 radical (unpaired) electrons. The van der Waals surface area contributed by atoms with E-state index in [1.807, 2.05) is 6.07 Å². The number of hydrogen-bond donors (Lipinski definition) is 2. The van der Waals surface area contributed by atoms with Crippen LogP contribution in [0.3, 0.4) is 0 Å². The van der Waals surface area contributed by atoms with Crippen LogP contribution in [0.5, 0.6) is 0 Å². The Labute approximate surface area is 166 Å². The normalized spacial score (nSPS) is 17.9. The molecule has 2 heterocycles. The number of nitrogens with zero attached hydrogens (tertiary/aromatic N) is 3. The first-order valence-corrected chi connectivity index (χ1v) is 10.5. The minimum Gasteiger partial charge on any atom is -0.372 e. The molecule has 6 heteroatoms. The first kappa shape index (κ1) is 18.7. The zero-order chi connectivity index (χ0) is 19.2. The molecular formula is C22H29N5O. The largest absolute Gasteiger partial charge is 0.372 e. The molecule has 2 aliphatic rings. The first-order chi connectivity index (χ1) is 13.8. The van der Waals surface area contributed by atoms with Crippen LogP contribution >= 0.6 is 0 Å². The second-order valence-corrected chi connectivity index (χ2v) is 7.83. The Morgan fingerprint density at radius 3 is 2.21 bits per heavy atom. The molecule has 1 amide bonds. The third kappa shape index (κ3) is 4.80. The van der Waals surface area contributed by atoms with Gasteiger partial charge in [0.1, 0.15) is 0 Å². The maximum absolute atomic E-state index is 12.4. The van der Waals surface area contributed by atoms with E-state index in [-0.39, 0.29) is 11.9 Å². The van der Waals surface area contributed by atoms with E-state index in [1.54, 1.807) is 6.07 Å². The summed E-state index contributed by atoms with van der Waals surface area (Å²) >= 11 is 0. The lowest BCUT2D eigenvalue weighted by molar-refractivity contribution is 0.0927. The van der Waals surface area contributed by atoms with Gasteiger partial charge < -0.3 is 15.5 Å². The van der Waals surface area contributed by atoms with E-state index in [0.717, 1.165) is 31.6 Å². The highest BCUT2D eigenvalue weighted by Crippen LogP contribution is 2.23. The van der Waals surface area contributed by atoms with Crippen molar-refractivity contribution in [2.75, 3.05) is 23.3 Å². The van der Waals surface area contributed by atoms with E-state index in [1.165, 1.54) is 44.2 Å². The smallest absolute Gasteiger partial charge is 0.272 e. The molecule has 1 aliphatic heterocycles. The number of carbonyl (C=O) groups excluding carboxylic acids is 1. The number of hydrogen-bond acceptors (Lipinski definition) is 5. The quantitative estimate of drug-likeness (QED) is 0.759. The molecular weight excluding hydrogens is 350 g/mol. The molecule has 0 bridgehead atoms. The second-order valence-electron chi connectivity index (χ2n) is 7.83. The highest BCUT2D eigenvalue weighted by molar-refractivity contribution is 5.92. The molecule has 0 spiro atoms. The van der Waals surface area contributed by atoms with Gasteiger partial charge in [-0.05, 0) is 62.1 Å². The van der Waals surface area contributed by atoms with Crippen LogP contribution in [0.15, 0.2) is 36.4 Å². The molecule has 148 valence electrons.